The molecule has 0 spiro atoms. The maximum Gasteiger partial charge on any atom is 0.378 e. The Bertz CT molecular complexity index is 822. The van der Waals surface area contributed by atoms with Gasteiger partial charge >= 0.3 is 5.97 Å². The van der Waals surface area contributed by atoms with Gasteiger partial charge in [0, 0.05) is 0 Å². The van der Waals surface area contributed by atoms with Crippen LogP contribution in [0.25, 0.3) is 0 Å². The highest BCUT2D eigenvalue weighted by atomic mass is 16.6. The summed E-state index contributed by atoms with van der Waals surface area (Å²) < 4.78 is 5.96. The minimum absolute atomic E-state index is 0.186. The molecule has 0 aromatic carbocycles. The quantitative estimate of drug-likeness (QED) is 0.0398. The van der Waals surface area contributed by atoms with Gasteiger partial charge in [0.15, 0.2) is 5.76 Å². The summed E-state index contributed by atoms with van der Waals surface area (Å²) in [5, 5.41) is 48.2. The molecule has 6 nitrogen and oxygen atoms in total. The van der Waals surface area contributed by atoms with Crippen LogP contribution in [0.15, 0.2) is 11.5 Å². The molecular weight excluding hydrogens is 600 g/mol. The smallest absolute Gasteiger partial charge is 0.378 e. The van der Waals surface area contributed by atoms with E-state index in [1.165, 1.54) is 89.9 Å². The highest BCUT2D eigenvalue weighted by Gasteiger charge is 2.68. The number of aliphatic hydroxyl groups excluding tert-OH is 2. The fourth-order valence-electron chi connectivity index (χ4n) is 7.97. The first kappa shape index (κ1) is 44.8. The minimum Gasteiger partial charge on any atom is -0.505 e. The second kappa shape index (κ2) is 26.5. The summed E-state index contributed by atoms with van der Waals surface area (Å²) in [6.45, 7) is 8.84. The second-order valence-corrected chi connectivity index (χ2v) is 15.3. The van der Waals surface area contributed by atoms with E-state index in [-0.39, 0.29) is 12.8 Å². The van der Waals surface area contributed by atoms with E-state index >= 15 is 0 Å². The molecule has 1 aliphatic rings. The fraction of sp³-hybridized carbons (Fsp3) is 0.929. The molecule has 0 saturated heterocycles. The zero-order valence-electron chi connectivity index (χ0n) is 32.2. The summed E-state index contributed by atoms with van der Waals surface area (Å²) in [4.78, 5) is 12.9. The Labute approximate surface area is 296 Å². The molecule has 6 heteroatoms. The lowest BCUT2D eigenvalue weighted by Crippen LogP contribution is -2.68. The van der Waals surface area contributed by atoms with Gasteiger partial charge in [-0.05, 0) is 32.1 Å². The Balaban J connectivity index is 3.36. The van der Waals surface area contributed by atoms with E-state index in [1.54, 1.807) is 0 Å². The molecule has 1 heterocycles. The van der Waals surface area contributed by atoms with Gasteiger partial charge in [-0.15, -0.1) is 0 Å². The second-order valence-electron chi connectivity index (χ2n) is 15.3. The lowest BCUT2D eigenvalue weighted by Gasteiger charge is -2.53. The Kier molecular flexibility index (Phi) is 24.7. The average Bonchev–Trinajstić information content (AvgIpc) is 3.30. The number of unbranched alkanes of at least 4 members (excludes halogenated alkanes) is 24. The normalized spacial score (nSPS) is 18.1. The van der Waals surface area contributed by atoms with Gasteiger partial charge in [0.25, 0.3) is 0 Å². The highest BCUT2D eigenvalue weighted by molar-refractivity contribution is 5.90. The average molecular weight is 681 g/mol. The molecule has 0 fully saturated rings. The van der Waals surface area contributed by atoms with Crippen molar-refractivity contribution < 1.29 is 30.0 Å². The van der Waals surface area contributed by atoms with E-state index in [1.807, 2.05) is 0 Å². The molecule has 0 saturated carbocycles. The number of ether oxygens (including phenoxy) is 1. The molecule has 0 radical (unpaired) electrons. The number of rotatable bonds is 34. The van der Waals surface area contributed by atoms with Crippen molar-refractivity contribution >= 4 is 5.97 Å². The maximum absolute atomic E-state index is 13.1. The van der Waals surface area contributed by atoms with E-state index in [2.05, 4.69) is 27.7 Å². The topological polar surface area (TPSA) is 107 Å². The number of hydrogen-bond acceptors (Lipinski definition) is 6. The van der Waals surface area contributed by atoms with Crippen LogP contribution in [-0.2, 0) is 9.53 Å². The third-order valence-electron chi connectivity index (χ3n) is 11.2. The van der Waals surface area contributed by atoms with E-state index in [4.69, 9.17) is 4.74 Å². The Hall–Kier alpha value is -1.27. The summed E-state index contributed by atoms with van der Waals surface area (Å²) in [6, 6.07) is 0. The summed E-state index contributed by atoms with van der Waals surface area (Å²) in [5.74, 6) is -2.39. The van der Waals surface area contributed by atoms with Crippen molar-refractivity contribution in [2.24, 2.45) is 0 Å². The van der Waals surface area contributed by atoms with Crippen molar-refractivity contribution in [3.8, 4) is 0 Å². The van der Waals surface area contributed by atoms with Gasteiger partial charge in [-0.3, -0.25) is 0 Å². The number of aliphatic hydroxyl groups is 4. The molecule has 0 aliphatic carbocycles. The lowest BCUT2D eigenvalue weighted by molar-refractivity contribution is -0.256. The Morgan fingerprint density at radius 2 is 0.792 bits per heavy atom. The molecule has 4 N–H and O–H groups in total. The monoisotopic (exact) mass is 681 g/mol. The predicted molar refractivity (Wildman–Crippen MR) is 201 cm³/mol. The van der Waals surface area contributed by atoms with Gasteiger partial charge < -0.3 is 25.2 Å². The molecule has 0 bridgehead atoms. The van der Waals surface area contributed by atoms with Crippen LogP contribution in [0.2, 0.25) is 0 Å². The van der Waals surface area contributed by atoms with Crippen molar-refractivity contribution in [1.82, 2.24) is 0 Å². The van der Waals surface area contributed by atoms with E-state index < -0.39 is 34.3 Å². The summed E-state index contributed by atoms with van der Waals surface area (Å²) in [5.41, 5.74) is -5.33. The molecule has 48 heavy (non-hydrogen) atoms. The minimum atomic E-state index is -1.92. The van der Waals surface area contributed by atoms with E-state index in [9.17, 15) is 25.2 Å². The van der Waals surface area contributed by atoms with Crippen LogP contribution in [0.4, 0.5) is 0 Å². The molecule has 2 atom stereocenters. The first-order chi connectivity index (χ1) is 23.2. The van der Waals surface area contributed by atoms with Gasteiger partial charge in [-0.1, -0.05) is 201 Å². The number of carbonyl (C=O) groups excluding carboxylic acids is 1. The molecule has 1 rings (SSSR count). The Morgan fingerprint density at radius 1 is 0.479 bits per heavy atom. The number of cyclic esters (lactones) is 1. The van der Waals surface area contributed by atoms with Crippen molar-refractivity contribution in [3.63, 3.8) is 0 Å². The number of hydrogen-bond donors (Lipinski definition) is 4. The molecule has 0 aromatic rings. The largest absolute Gasteiger partial charge is 0.505 e. The third-order valence-corrected chi connectivity index (χ3v) is 11.2. The van der Waals surface area contributed by atoms with Crippen LogP contribution in [0, 0.1) is 0 Å². The van der Waals surface area contributed by atoms with Crippen molar-refractivity contribution in [3.05, 3.63) is 11.5 Å². The van der Waals surface area contributed by atoms with Crippen LogP contribution in [0.1, 0.15) is 233 Å². The maximum atomic E-state index is 13.1. The first-order valence-electron chi connectivity index (χ1n) is 21.0. The van der Waals surface area contributed by atoms with Gasteiger partial charge in [0.1, 0.15) is 5.60 Å². The van der Waals surface area contributed by atoms with Crippen molar-refractivity contribution in [1.29, 1.82) is 0 Å². The number of esters is 1. The van der Waals surface area contributed by atoms with Crippen molar-refractivity contribution in [2.75, 3.05) is 0 Å². The van der Waals surface area contributed by atoms with Crippen LogP contribution < -0.4 is 0 Å². The van der Waals surface area contributed by atoms with Gasteiger partial charge in [0.05, 0.1) is 5.60 Å². The van der Waals surface area contributed by atoms with Gasteiger partial charge in [-0.25, -0.2) is 4.79 Å². The molecule has 0 aromatic heterocycles. The zero-order chi connectivity index (χ0) is 35.6. The summed E-state index contributed by atoms with van der Waals surface area (Å²) in [6.07, 6.45) is 31.0. The SMILES string of the molecule is CCCCCCCCCC(O)(CCCCCCCCC)[C@@](O)(CCCCCCCCC)[C@@]1(CCCCCCCCC)OC(=O)C(O)=C1O. The molecular formula is C42H80O6. The summed E-state index contributed by atoms with van der Waals surface area (Å²) >= 11 is 0. The van der Waals surface area contributed by atoms with E-state index in [0.717, 1.165) is 77.0 Å². The third kappa shape index (κ3) is 14.9. The van der Waals surface area contributed by atoms with Crippen molar-refractivity contribution in [2.45, 2.75) is 250 Å². The van der Waals surface area contributed by atoms with Crippen LogP contribution in [-0.4, -0.2) is 43.2 Å². The fourth-order valence-corrected chi connectivity index (χ4v) is 7.97. The molecule has 284 valence electrons. The van der Waals surface area contributed by atoms with Crippen LogP contribution in [0.5, 0.6) is 0 Å². The standard InChI is InChI=1S/C42H80O6/c1-5-9-13-17-21-25-29-33-40(46,34-30-26-22-18-14-10-6-2)42(47,36-32-28-24-20-16-12-8-4)41(38(44)37(43)39(45)48-41)35-31-27-23-19-15-11-7-3/h43-44,46-47H,5-36H2,1-4H3/t41-,42-/m0/s1. The van der Waals surface area contributed by atoms with Gasteiger partial charge in [-0.2, -0.15) is 0 Å². The zero-order valence-corrected chi connectivity index (χ0v) is 32.2. The lowest BCUT2D eigenvalue weighted by atomic mass is 9.62. The number of carbonyl (C=O) groups is 1. The van der Waals surface area contributed by atoms with Gasteiger partial charge in [0.2, 0.25) is 11.4 Å². The molecule has 0 unspecified atom stereocenters. The predicted octanol–water partition coefficient (Wildman–Crippen LogP) is 12.6. The van der Waals surface area contributed by atoms with Crippen LogP contribution in [0.3, 0.4) is 0 Å². The molecule has 1 aliphatic heterocycles. The highest BCUT2D eigenvalue weighted by Crippen LogP contribution is 2.53. The Morgan fingerprint density at radius 3 is 1.12 bits per heavy atom. The first-order valence-corrected chi connectivity index (χ1v) is 21.0. The molecule has 0 amide bonds. The van der Waals surface area contributed by atoms with Crippen LogP contribution >= 0.6 is 0 Å². The summed E-state index contributed by atoms with van der Waals surface area (Å²) in [7, 11) is 0. The van der Waals surface area contributed by atoms with E-state index in [0.29, 0.717) is 25.7 Å².